The van der Waals surface area contributed by atoms with Crippen LogP contribution >= 0.6 is 11.8 Å². The Balaban J connectivity index is 1.72. The number of dihydropyridines is 1. The van der Waals surface area contributed by atoms with E-state index in [9.17, 15) is 19.2 Å². The van der Waals surface area contributed by atoms with E-state index in [0.29, 0.717) is 58.2 Å². The second-order valence-corrected chi connectivity index (χ2v) is 9.34. The molecule has 8 nitrogen and oxygen atoms in total. The van der Waals surface area contributed by atoms with Gasteiger partial charge in [-0.25, -0.2) is 4.39 Å². The van der Waals surface area contributed by atoms with Crippen molar-refractivity contribution in [2.45, 2.75) is 25.2 Å². The monoisotopic (exact) mass is 523 g/mol. The Morgan fingerprint density at radius 2 is 1.86 bits per heavy atom. The van der Waals surface area contributed by atoms with Gasteiger partial charge in [0.2, 0.25) is 11.7 Å². The minimum atomic E-state index is -0.681. The highest BCUT2D eigenvalue weighted by Crippen LogP contribution is 2.48. The number of rotatable bonds is 8. The molecule has 0 spiro atoms. The van der Waals surface area contributed by atoms with Crippen LogP contribution in [0.5, 0.6) is 17.2 Å². The Morgan fingerprint density at radius 3 is 2.49 bits per heavy atom. The molecule has 1 atom stereocenters. The summed E-state index contributed by atoms with van der Waals surface area (Å²) >= 11 is 1.13. The number of halogens is 1. The first-order chi connectivity index (χ1) is 17.9. The summed E-state index contributed by atoms with van der Waals surface area (Å²) in [7, 11) is 4.49. The van der Waals surface area contributed by atoms with Gasteiger partial charge in [-0.15, -0.1) is 0 Å². The summed E-state index contributed by atoms with van der Waals surface area (Å²) in [5.41, 5.74) is 2.26. The molecular weight excluding hydrogens is 497 g/mol. The summed E-state index contributed by atoms with van der Waals surface area (Å²) in [6, 6.07) is 11.6. The predicted octanol–water partition coefficient (Wildman–Crippen LogP) is 4.65. The molecule has 10 heteroatoms. The molecule has 0 aromatic heterocycles. The number of hydrogen-bond donors (Lipinski definition) is 2. The molecule has 0 saturated heterocycles. The number of ketones is 1. The lowest BCUT2D eigenvalue weighted by Crippen LogP contribution is -2.31. The summed E-state index contributed by atoms with van der Waals surface area (Å²) < 4.78 is 30.4. The third-order valence-corrected chi connectivity index (χ3v) is 7.20. The lowest BCUT2D eigenvalue weighted by atomic mass is 9.76. The summed E-state index contributed by atoms with van der Waals surface area (Å²) in [6.45, 7) is 0. The van der Waals surface area contributed by atoms with Crippen LogP contribution in [-0.4, -0.2) is 38.8 Å². The Morgan fingerprint density at radius 1 is 1.16 bits per heavy atom. The first-order valence-electron chi connectivity index (χ1n) is 11.6. The molecule has 2 aliphatic rings. The largest absolute Gasteiger partial charge is 0.493 e. The number of allylic oxidation sites excluding steroid dienone is 3. The Kier molecular flexibility index (Phi) is 8.04. The number of carbonyl (C=O) groups is 2. The molecule has 1 aliphatic heterocycles. The van der Waals surface area contributed by atoms with E-state index >= 15 is 0 Å². The van der Waals surface area contributed by atoms with Crippen LogP contribution in [0.3, 0.4) is 0 Å². The van der Waals surface area contributed by atoms with E-state index < -0.39 is 17.6 Å². The van der Waals surface area contributed by atoms with Gasteiger partial charge in [0.15, 0.2) is 17.3 Å². The number of Topliss-reactive ketones (excluding diaryl/α,β-unsaturated/α-hetero) is 1. The molecule has 2 aromatic carbocycles. The number of benzene rings is 2. The van der Waals surface area contributed by atoms with Crippen molar-refractivity contribution in [1.29, 1.82) is 5.26 Å². The van der Waals surface area contributed by atoms with E-state index in [2.05, 4.69) is 16.7 Å². The molecule has 0 radical (unpaired) electrons. The van der Waals surface area contributed by atoms with Crippen molar-refractivity contribution >= 4 is 29.1 Å². The zero-order valence-corrected chi connectivity index (χ0v) is 21.5. The average Bonchev–Trinajstić information content (AvgIpc) is 2.91. The zero-order valence-electron chi connectivity index (χ0n) is 20.6. The fraction of sp³-hybridized carbons (Fsp3) is 0.296. The number of anilines is 1. The number of amides is 1. The SMILES string of the molecule is COc1cc([C@@H]2C(C#N)=C(SCC(=O)Nc3ccccc3F)NC3=C2C(=O)CCC3)cc(OC)c1OC. The Hall–Kier alpha value is -3.97. The second-order valence-electron chi connectivity index (χ2n) is 8.36. The van der Waals surface area contributed by atoms with Gasteiger partial charge in [-0.1, -0.05) is 23.9 Å². The van der Waals surface area contributed by atoms with Gasteiger partial charge in [0.25, 0.3) is 0 Å². The molecule has 1 aliphatic carbocycles. The van der Waals surface area contributed by atoms with Gasteiger partial charge in [-0.05, 0) is 42.7 Å². The Labute approximate surface area is 218 Å². The number of carbonyl (C=O) groups excluding carboxylic acids is 2. The van der Waals surface area contributed by atoms with Gasteiger partial charge >= 0.3 is 0 Å². The van der Waals surface area contributed by atoms with Crippen molar-refractivity contribution in [3.05, 3.63) is 69.7 Å². The third kappa shape index (κ3) is 5.27. The van der Waals surface area contributed by atoms with Crippen LogP contribution in [0.25, 0.3) is 0 Å². The van der Waals surface area contributed by atoms with Crippen molar-refractivity contribution in [2.24, 2.45) is 0 Å². The lowest BCUT2D eigenvalue weighted by molar-refractivity contribution is -0.116. The van der Waals surface area contributed by atoms with Crippen LogP contribution in [0.15, 0.2) is 58.3 Å². The summed E-state index contributed by atoms with van der Waals surface area (Å²) in [4.78, 5) is 25.7. The smallest absolute Gasteiger partial charge is 0.234 e. The fourth-order valence-corrected chi connectivity index (χ4v) is 5.39. The van der Waals surface area contributed by atoms with Crippen molar-refractivity contribution in [3.63, 3.8) is 0 Å². The zero-order chi connectivity index (χ0) is 26.5. The van der Waals surface area contributed by atoms with E-state index in [1.54, 1.807) is 18.2 Å². The summed E-state index contributed by atoms with van der Waals surface area (Å²) in [6.07, 6.45) is 1.69. The van der Waals surface area contributed by atoms with E-state index in [-0.39, 0.29) is 17.2 Å². The van der Waals surface area contributed by atoms with Crippen molar-refractivity contribution in [2.75, 3.05) is 32.4 Å². The maximum absolute atomic E-state index is 13.9. The number of nitriles is 1. The highest BCUT2D eigenvalue weighted by atomic mass is 32.2. The van der Waals surface area contributed by atoms with Gasteiger partial charge in [0, 0.05) is 17.7 Å². The average molecular weight is 524 g/mol. The molecule has 1 amide bonds. The van der Waals surface area contributed by atoms with Crippen LogP contribution in [0.1, 0.15) is 30.7 Å². The van der Waals surface area contributed by atoms with Crippen LogP contribution in [-0.2, 0) is 9.59 Å². The molecule has 1 heterocycles. The van der Waals surface area contributed by atoms with Gasteiger partial charge < -0.3 is 24.8 Å². The summed E-state index contributed by atoms with van der Waals surface area (Å²) in [5.74, 6) is -0.555. The maximum atomic E-state index is 13.9. The van der Waals surface area contributed by atoms with E-state index in [0.717, 1.165) is 17.5 Å². The topological polar surface area (TPSA) is 110 Å². The van der Waals surface area contributed by atoms with Gasteiger partial charge in [0.1, 0.15) is 5.82 Å². The van der Waals surface area contributed by atoms with Crippen LogP contribution in [0.4, 0.5) is 10.1 Å². The number of ether oxygens (including phenoxy) is 3. The van der Waals surface area contributed by atoms with Crippen LogP contribution < -0.4 is 24.8 Å². The second kappa shape index (κ2) is 11.4. The standard InChI is InChI=1S/C27H26FN3O5S/c1-34-21-11-15(12-22(35-2)26(21)36-3)24-16(13-29)27(31-19-9-6-10-20(32)25(19)24)37-14-23(33)30-18-8-5-4-7-17(18)28/h4-5,7-8,11-12,24,31H,6,9-10,14H2,1-3H3,(H,30,33)/t24-/m1/s1. The number of hydrogen-bond acceptors (Lipinski definition) is 8. The molecule has 192 valence electrons. The van der Waals surface area contributed by atoms with Crippen LogP contribution in [0.2, 0.25) is 0 Å². The quantitative estimate of drug-likeness (QED) is 0.515. The molecule has 37 heavy (non-hydrogen) atoms. The number of thioether (sulfide) groups is 1. The summed E-state index contributed by atoms with van der Waals surface area (Å²) in [5, 5.41) is 16.5. The van der Waals surface area contributed by atoms with Crippen molar-refractivity contribution < 1.29 is 28.2 Å². The van der Waals surface area contributed by atoms with Gasteiger partial charge in [0.05, 0.1) is 55.4 Å². The molecule has 2 aromatic rings. The number of methoxy groups -OCH3 is 3. The Bertz CT molecular complexity index is 1320. The molecule has 2 N–H and O–H groups in total. The predicted molar refractivity (Wildman–Crippen MR) is 138 cm³/mol. The molecule has 0 unspecified atom stereocenters. The number of nitrogens with one attached hydrogen (secondary N) is 2. The van der Waals surface area contributed by atoms with E-state index in [4.69, 9.17) is 14.2 Å². The molecule has 0 fully saturated rings. The molecule has 0 bridgehead atoms. The van der Waals surface area contributed by atoms with Gasteiger partial charge in [-0.3, -0.25) is 9.59 Å². The van der Waals surface area contributed by atoms with Gasteiger partial charge in [-0.2, -0.15) is 5.26 Å². The van der Waals surface area contributed by atoms with Crippen molar-refractivity contribution in [1.82, 2.24) is 5.32 Å². The number of para-hydroxylation sites is 1. The molecule has 4 rings (SSSR count). The lowest BCUT2D eigenvalue weighted by Gasteiger charge is -2.33. The maximum Gasteiger partial charge on any atom is 0.234 e. The molecule has 0 saturated carbocycles. The van der Waals surface area contributed by atoms with Crippen molar-refractivity contribution in [3.8, 4) is 23.3 Å². The van der Waals surface area contributed by atoms with Crippen LogP contribution in [0, 0.1) is 17.1 Å². The normalized spacial score (nSPS) is 16.9. The minimum absolute atomic E-state index is 0.0402. The fourth-order valence-electron chi connectivity index (χ4n) is 4.53. The third-order valence-electron chi connectivity index (χ3n) is 6.18. The minimum Gasteiger partial charge on any atom is -0.493 e. The number of nitrogens with zero attached hydrogens (tertiary/aromatic N) is 1. The highest BCUT2D eigenvalue weighted by molar-refractivity contribution is 8.03. The van der Waals surface area contributed by atoms with E-state index in [1.165, 1.54) is 39.5 Å². The molecular formula is C27H26FN3O5S. The first-order valence-corrected chi connectivity index (χ1v) is 12.5. The highest BCUT2D eigenvalue weighted by Gasteiger charge is 2.38. The first kappa shape index (κ1) is 26.1. The van der Waals surface area contributed by atoms with E-state index in [1.807, 2.05) is 0 Å².